The molecule has 6 unspecified atom stereocenters. The number of nitrogens with one attached hydrogen (secondary N) is 1. The maximum absolute atomic E-state index is 11.5. The predicted molar refractivity (Wildman–Crippen MR) is 55.4 cm³/mol. The molecule has 0 spiro atoms. The van der Waals surface area contributed by atoms with Crippen molar-refractivity contribution in [3.63, 3.8) is 0 Å². The molecule has 4 aliphatic carbocycles. The Hall–Kier alpha value is -1.14. The zero-order valence-electron chi connectivity index (χ0n) is 9.64. The van der Waals surface area contributed by atoms with Crippen LogP contribution in [0.15, 0.2) is 0 Å². The summed E-state index contributed by atoms with van der Waals surface area (Å²) in [4.78, 5) is 23.0. The van der Waals surface area contributed by atoms with E-state index in [2.05, 4.69) is 5.32 Å². The van der Waals surface area contributed by atoms with Gasteiger partial charge in [-0.15, -0.1) is 0 Å². The Kier molecular flexibility index (Phi) is 1.82. The highest BCUT2D eigenvalue weighted by molar-refractivity contribution is 5.91. The van der Waals surface area contributed by atoms with Crippen LogP contribution in [0.4, 0.5) is 0 Å². The molecule has 4 saturated carbocycles. The third-order valence-corrected chi connectivity index (χ3v) is 5.22. The van der Waals surface area contributed by atoms with Crippen molar-refractivity contribution in [3.05, 3.63) is 0 Å². The van der Waals surface area contributed by atoms with Gasteiger partial charge >= 0.3 is 11.9 Å². The molecule has 0 aromatic rings. The number of rotatable bonds is 4. The number of ether oxygens (including phenoxy) is 1. The van der Waals surface area contributed by atoms with Crippen molar-refractivity contribution in [1.29, 1.82) is 0 Å². The SMILES string of the molecule is CNC1(C(=O)O)C2CC3(C(=O)O)C(C2OC)C31. The first-order valence-electron chi connectivity index (χ1n) is 5.67. The van der Waals surface area contributed by atoms with Crippen LogP contribution in [0.25, 0.3) is 0 Å². The van der Waals surface area contributed by atoms with Crippen LogP contribution < -0.4 is 5.32 Å². The van der Waals surface area contributed by atoms with Crippen LogP contribution in [-0.2, 0) is 14.3 Å². The molecule has 4 rings (SSSR count). The third-order valence-electron chi connectivity index (χ3n) is 5.22. The van der Waals surface area contributed by atoms with E-state index in [9.17, 15) is 19.8 Å². The van der Waals surface area contributed by atoms with Gasteiger partial charge in [0, 0.05) is 24.9 Å². The topological polar surface area (TPSA) is 95.9 Å². The molecule has 3 N–H and O–H groups in total. The van der Waals surface area contributed by atoms with Crippen molar-refractivity contribution in [2.45, 2.75) is 18.1 Å². The van der Waals surface area contributed by atoms with Crippen LogP contribution in [0.3, 0.4) is 0 Å². The minimum absolute atomic E-state index is 0.154. The van der Waals surface area contributed by atoms with E-state index in [0.29, 0.717) is 6.42 Å². The van der Waals surface area contributed by atoms with E-state index in [4.69, 9.17) is 4.74 Å². The monoisotopic (exact) mass is 241 g/mol. The summed E-state index contributed by atoms with van der Waals surface area (Å²) >= 11 is 0. The van der Waals surface area contributed by atoms with Crippen molar-refractivity contribution in [3.8, 4) is 0 Å². The van der Waals surface area contributed by atoms with E-state index in [1.807, 2.05) is 0 Å². The summed E-state index contributed by atoms with van der Waals surface area (Å²) in [7, 11) is 3.12. The molecule has 6 atom stereocenters. The summed E-state index contributed by atoms with van der Waals surface area (Å²) in [6, 6.07) is 0. The number of carboxylic acids is 2. The van der Waals surface area contributed by atoms with E-state index in [1.54, 1.807) is 7.05 Å². The summed E-state index contributed by atoms with van der Waals surface area (Å²) in [6.45, 7) is 0. The van der Waals surface area contributed by atoms with Crippen molar-refractivity contribution >= 4 is 11.9 Å². The van der Waals surface area contributed by atoms with Gasteiger partial charge in [0.25, 0.3) is 0 Å². The first-order valence-corrected chi connectivity index (χ1v) is 5.67. The van der Waals surface area contributed by atoms with Gasteiger partial charge < -0.3 is 20.3 Å². The molecule has 0 aliphatic heterocycles. The highest BCUT2D eigenvalue weighted by Crippen LogP contribution is 2.82. The second-order valence-corrected chi connectivity index (χ2v) is 5.28. The molecule has 6 nitrogen and oxygen atoms in total. The standard InChI is InChI=1S/C11H15NO5/c1-12-11(9(15)16)4-3-10(8(13)14)5(7(10)11)6(4)17-2/h4-7,12H,3H2,1-2H3,(H,13,14)(H,15,16). The number of aliphatic carboxylic acids is 2. The minimum atomic E-state index is -1.12. The Morgan fingerprint density at radius 1 is 1.35 bits per heavy atom. The Bertz CT molecular complexity index is 424. The molecule has 0 saturated heterocycles. The molecule has 6 heteroatoms. The van der Waals surface area contributed by atoms with Gasteiger partial charge in [0.05, 0.1) is 11.5 Å². The Labute approximate surface area is 97.9 Å². The molecule has 0 radical (unpaired) electrons. The fourth-order valence-corrected chi connectivity index (χ4v) is 4.70. The average molecular weight is 241 g/mol. The van der Waals surface area contributed by atoms with E-state index in [1.165, 1.54) is 7.11 Å². The quantitative estimate of drug-likeness (QED) is 0.608. The van der Waals surface area contributed by atoms with Crippen molar-refractivity contribution in [2.75, 3.05) is 14.2 Å². The summed E-state index contributed by atoms with van der Waals surface area (Å²) in [5.41, 5.74) is -1.99. The lowest BCUT2D eigenvalue weighted by Crippen LogP contribution is -2.55. The number of hydrogen-bond acceptors (Lipinski definition) is 4. The zero-order chi connectivity index (χ0) is 12.6. The van der Waals surface area contributed by atoms with Crippen LogP contribution in [0.1, 0.15) is 6.42 Å². The molecule has 4 bridgehead atoms. The summed E-state index contributed by atoms with van der Waals surface area (Å²) in [5.74, 6) is -2.58. The first-order chi connectivity index (χ1) is 7.98. The average Bonchev–Trinajstić information content (AvgIpc) is 2.62. The molecule has 4 aliphatic rings. The lowest BCUT2D eigenvalue weighted by Gasteiger charge is -2.29. The van der Waals surface area contributed by atoms with Gasteiger partial charge in [0.1, 0.15) is 5.54 Å². The van der Waals surface area contributed by atoms with Crippen molar-refractivity contribution in [2.24, 2.45) is 23.2 Å². The van der Waals surface area contributed by atoms with Gasteiger partial charge in [-0.05, 0) is 13.5 Å². The van der Waals surface area contributed by atoms with Crippen LogP contribution >= 0.6 is 0 Å². The van der Waals surface area contributed by atoms with Crippen LogP contribution in [0, 0.1) is 23.2 Å². The van der Waals surface area contributed by atoms with Gasteiger partial charge in [-0.1, -0.05) is 0 Å². The number of hydrogen-bond donors (Lipinski definition) is 3. The Morgan fingerprint density at radius 3 is 2.35 bits per heavy atom. The number of likely N-dealkylation sites (N-methyl/N-ethyl adjacent to an activating group) is 1. The first kappa shape index (κ1) is 11.0. The van der Waals surface area contributed by atoms with Gasteiger partial charge in [0.2, 0.25) is 0 Å². The van der Waals surface area contributed by atoms with Gasteiger partial charge in [-0.2, -0.15) is 0 Å². The molecule has 0 heterocycles. The lowest BCUT2D eigenvalue weighted by atomic mass is 9.87. The van der Waals surface area contributed by atoms with Crippen LogP contribution in [0.2, 0.25) is 0 Å². The van der Waals surface area contributed by atoms with Gasteiger partial charge in [-0.25, -0.2) is 0 Å². The molecule has 4 fully saturated rings. The zero-order valence-corrected chi connectivity index (χ0v) is 9.64. The number of carbonyl (C=O) groups is 2. The number of carboxylic acid groups (broad SMARTS) is 2. The normalized spacial score (nSPS) is 53.8. The molecular weight excluding hydrogens is 226 g/mol. The second-order valence-electron chi connectivity index (χ2n) is 5.28. The highest BCUT2D eigenvalue weighted by atomic mass is 16.5. The van der Waals surface area contributed by atoms with Crippen molar-refractivity contribution < 1.29 is 24.5 Å². The summed E-state index contributed by atoms with van der Waals surface area (Å²) < 4.78 is 5.33. The molecule has 0 aromatic heterocycles. The lowest BCUT2D eigenvalue weighted by molar-refractivity contribution is -0.148. The van der Waals surface area contributed by atoms with E-state index in [-0.39, 0.29) is 23.9 Å². The Morgan fingerprint density at radius 2 is 2.00 bits per heavy atom. The Balaban J connectivity index is 2.09. The van der Waals surface area contributed by atoms with E-state index in [0.717, 1.165) is 0 Å². The van der Waals surface area contributed by atoms with Gasteiger partial charge in [0.15, 0.2) is 0 Å². The molecule has 17 heavy (non-hydrogen) atoms. The van der Waals surface area contributed by atoms with Crippen LogP contribution in [0.5, 0.6) is 0 Å². The summed E-state index contributed by atoms with van der Waals surface area (Å²) in [6.07, 6.45) is 0.156. The molecule has 0 amide bonds. The van der Waals surface area contributed by atoms with Gasteiger partial charge in [-0.3, -0.25) is 9.59 Å². The maximum atomic E-state index is 11.5. The summed E-state index contributed by atoms with van der Waals surface area (Å²) in [5, 5.41) is 21.7. The minimum Gasteiger partial charge on any atom is -0.481 e. The number of methoxy groups -OCH3 is 1. The fraction of sp³-hybridized carbons (Fsp3) is 0.818. The predicted octanol–water partition coefficient (Wildman–Crippen LogP) is -0.605. The largest absolute Gasteiger partial charge is 0.481 e. The fourth-order valence-electron chi connectivity index (χ4n) is 4.70. The highest BCUT2D eigenvalue weighted by Gasteiger charge is 2.93. The van der Waals surface area contributed by atoms with Crippen LogP contribution in [-0.4, -0.2) is 48.0 Å². The van der Waals surface area contributed by atoms with E-state index < -0.39 is 22.9 Å². The van der Waals surface area contributed by atoms with Crippen molar-refractivity contribution in [1.82, 2.24) is 5.32 Å². The molecule has 94 valence electrons. The molecule has 0 aromatic carbocycles. The molecular formula is C11H15NO5. The second kappa shape index (κ2) is 2.81. The van der Waals surface area contributed by atoms with E-state index >= 15 is 0 Å². The maximum Gasteiger partial charge on any atom is 0.324 e. The third kappa shape index (κ3) is 0.817. The smallest absolute Gasteiger partial charge is 0.324 e.